The normalized spacial score (nSPS) is 11.6. The van der Waals surface area contributed by atoms with Crippen LogP contribution in [0, 0.1) is 24.5 Å². The molecule has 2 aromatic rings. The lowest BCUT2D eigenvalue weighted by atomic mass is 10.0. The quantitative estimate of drug-likeness (QED) is 0.788. The highest BCUT2D eigenvalue weighted by Crippen LogP contribution is 2.21. The molecule has 0 saturated heterocycles. The van der Waals surface area contributed by atoms with Crippen molar-refractivity contribution in [2.45, 2.75) is 47.1 Å². The second kappa shape index (κ2) is 5.27. The molecule has 0 atom stereocenters. The van der Waals surface area contributed by atoms with E-state index in [0.717, 1.165) is 16.8 Å². The van der Waals surface area contributed by atoms with E-state index in [9.17, 15) is 0 Å². The predicted molar refractivity (Wildman–Crippen MR) is 80.7 cm³/mol. The molecule has 98 valence electrons. The van der Waals surface area contributed by atoms with Crippen molar-refractivity contribution in [3.8, 4) is 0 Å². The van der Waals surface area contributed by atoms with Crippen LogP contribution in [0.15, 0.2) is 12.1 Å². The van der Waals surface area contributed by atoms with Crippen molar-refractivity contribution in [2.75, 3.05) is 0 Å². The standard InChI is InChI=1S/C15H22N2S/c1-5-12(6-2)9-17-14-8-11(4)10(3)7-13(14)16-15(17)18/h7-8,12H,5-6,9H2,1-4H3,(H,16,18). The maximum Gasteiger partial charge on any atom is 0.178 e. The average Bonchev–Trinajstić information content (AvgIpc) is 2.63. The maximum atomic E-state index is 5.46. The summed E-state index contributed by atoms with van der Waals surface area (Å²) in [6.07, 6.45) is 2.41. The molecule has 0 unspecified atom stereocenters. The minimum absolute atomic E-state index is 0.706. The van der Waals surface area contributed by atoms with Gasteiger partial charge in [0.25, 0.3) is 0 Å². The van der Waals surface area contributed by atoms with Gasteiger partial charge in [-0.2, -0.15) is 0 Å². The Kier molecular flexibility index (Phi) is 3.91. The SMILES string of the molecule is CCC(CC)Cn1c(=S)[nH]c2cc(C)c(C)cc21. The van der Waals surface area contributed by atoms with Gasteiger partial charge in [-0.25, -0.2) is 0 Å². The van der Waals surface area contributed by atoms with Gasteiger partial charge in [0.2, 0.25) is 0 Å². The number of aromatic nitrogens is 2. The summed E-state index contributed by atoms with van der Waals surface area (Å²) in [6, 6.07) is 4.45. The Balaban J connectivity index is 2.53. The van der Waals surface area contributed by atoms with Crippen molar-refractivity contribution in [1.29, 1.82) is 0 Å². The van der Waals surface area contributed by atoms with E-state index in [1.807, 2.05) is 0 Å². The van der Waals surface area contributed by atoms with Crippen LogP contribution in [0.25, 0.3) is 11.0 Å². The largest absolute Gasteiger partial charge is 0.331 e. The van der Waals surface area contributed by atoms with Crippen LogP contribution in [0.2, 0.25) is 0 Å². The number of nitrogens with one attached hydrogen (secondary N) is 1. The van der Waals surface area contributed by atoms with E-state index in [-0.39, 0.29) is 0 Å². The third-order valence-corrected chi connectivity index (χ3v) is 4.31. The Hall–Kier alpha value is -1.09. The number of benzene rings is 1. The summed E-state index contributed by atoms with van der Waals surface area (Å²) in [6.45, 7) is 9.83. The van der Waals surface area contributed by atoms with Gasteiger partial charge >= 0.3 is 0 Å². The van der Waals surface area contributed by atoms with E-state index in [2.05, 4.69) is 49.4 Å². The number of hydrogen-bond donors (Lipinski definition) is 1. The van der Waals surface area contributed by atoms with E-state index in [1.165, 1.54) is 29.5 Å². The number of hydrogen-bond acceptors (Lipinski definition) is 1. The lowest BCUT2D eigenvalue weighted by Crippen LogP contribution is -2.09. The average molecular weight is 262 g/mol. The van der Waals surface area contributed by atoms with Crippen molar-refractivity contribution < 1.29 is 0 Å². The Bertz CT molecular complexity index is 603. The van der Waals surface area contributed by atoms with Crippen LogP contribution in [-0.4, -0.2) is 9.55 Å². The van der Waals surface area contributed by atoms with Gasteiger partial charge in [0.15, 0.2) is 4.77 Å². The predicted octanol–water partition coefficient (Wildman–Crippen LogP) is 4.75. The van der Waals surface area contributed by atoms with E-state index in [1.54, 1.807) is 0 Å². The molecular formula is C15H22N2S. The number of imidazole rings is 1. The number of nitrogens with zero attached hydrogens (tertiary/aromatic N) is 1. The Labute approximate surface area is 114 Å². The highest BCUT2D eigenvalue weighted by molar-refractivity contribution is 7.71. The van der Waals surface area contributed by atoms with Crippen molar-refractivity contribution >= 4 is 23.3 Å². The monoisotopic (exact) mass is 262 g/mol. The maximum absolute atomic E-state index is 5.46. The molecule has 1 N–H and O–H groups in total. The summed E-state index contributed by atoms with van der Waals surface area (Å²) in [5.74, 6) is 0.706. The fourth-order valence-corrected chi connectivity index (χ4v) is 2.69. The first kappa shape index (κ1) is 13.3. The molecule has 0 amide bonds. The first-order valence-corrected chi connectivity index (χ1v) is 7.17. The zero-order valence-corrected chi connectivity index (χ0v) is 12.5. The molecule has 1 heterocycles. The molecule has 0 aliphatic heterocycles. The molecule has 2 nitrogen and oxygen atoms in total. The summed E-state index contributed by atoms with van der Waals surface area (Å²) in [5.41, 5.74) is 5.05. The van der Waals surface area contributed by atoms with E-state index in [4.69, 9.17) is 12.2 Å². The minimum Gasteiger partial charge on any atom is -0.331 e. The molecule has 0 aliphatic carbocycles. The smallest absolute Gasteiger partial charge is 0.178 e. The van der Waals surface area contributed by atoms with Crippen LogP contribution in [-0.2, 0) is 6.54 Å². The van der Waals surface area contributed by atoms with Gasteiger partial charge in [0.1, 0.15) is 0 Å². The van der Waals surface area contributed by atoms with Gasteiger partial charge in [0, 0.05) is 6.54 Å². The molecule has 18 heavy (non-hydrogen) atoms. The lowest BCUT2D eigenvalue weighted by molar-refractivity contribution is 0.422. The van der Waals surface area contributed by atoms with E-state index in [0.29, 0.717) is 5.92 Å². The summed E-state index contributed by atoms with van der Waals surface area (Å²) in [5, 5.41) is 0. The third-order valence-electron chi connectivity index (χ3n) is 3.99. The molecule has 1 aromatic carbocycles. The van der Waals surface area contributed by atoms with Crippen molar-refractivity contribution in [2.24, 2.45) is 5.92 Å². The summed E-state index contributed by atoms with van der Waals surface area (Å²) in [4.78, 5) is 3.33. The molecular weight excluding hydrogens is 240 g/mol. The highest BCUT2D eigenvalue weighted by atomic mass is 32.1. The van der Waals surface area contributed by atoms with Gasteiger partial charge in [-0.15, -0.1) is 0 Å². The van der Waals surface area contributed by atoms with Crippen molar-refractivity contribution in [3.05, 3.63) is 28.0 Å². The third kappa shape index (κ3) is 2.37. The number of aryl methyl sites for hydroxylation is 2. The van der Waals surface area contributed by atoms with Crippen molar-refractivity contribution in [3.63, 3.8) is 0 Å². The molecule has 3 heteroatoms. The topological polar surface area (TPSA) is 20.7 Å². The molecule has 0 spiro atoms. The molecule has 0 saturated carbocycles. The van der Waals surface area contributed by atoms with Crippen LogP contribution in [0.1, 0.15) is 37.8 Å². The van der Waals surface area contributed by atoms with Crippen LogP contribution >= 0.6 is 12.2 Å². The zero-order valence-electron chi connectivity index (χ0n) is 11.7. The summed E-state index contributed by atoms with van der Waals surface area (Å²) in [7, 11) is 0. The van der Waals surface area contributed by atoms with Crippen LogP contribution in [0.4, 0.5) is 0 Å². The van der Waals surface area contributed by atoms with E-state index < -0.39 is 0 Å². The molecule has 0 aliphatic rings. The Morgan fingerprint density at radius 3 is 2.39 bits per heavy atom. The number of rotatable bonds is 4. The van der Waals surface area contributed by atoms with Crippen molar-refractivity contribution in [1.82, 2.24) is 9.55 Å². The molecule has 0 fully saturated rings. The summed E-state index contributed by atoms with van der Waals surface area (Å²) < 4.78 is 3.11. The number of fused-ring (bicyclic) bond motifs is 1. The highest BCUT2D eigenvalue weighted by Gasteiger charge is 2.10. The van der Waals surface area contributed by atoms with E-state index >= 15 is 0 Å². The fraction of sp³-hybridized carbons (Fsp3) is 0.533. The van der Waals surface area contributed by atoms with Crippen LogP contribution in [0.3, 0.4) is 0 Å². The zero-order chi connectivity index (χ0) is 13.3. The fourth-order valence-electron chi connectivity index (χ4n) is 2.40. The second-order valence-corrected chi connectivity index (χ2v) is 5.56. The number of aromatic amines is 1. The Morgan fingerprint density at radius 1 is 1.17 bits per heavy atom. The molecule has 1 aromatic heterocycles. The lowest BCUT2D eigenvalue weighted by Gasteiger charge is -2.14. The Morgan fingerprint density at radius 2 is 1.78 bits per heavy atom. The minimum atomic E-state index is 0.706. The molecule has 0 bridgehead atoms. The summed E-state index contributed by atoms with van der Waals surface area (Å²) >= 11 is 5.46. The van der Waals surface area contributed by atoms with Gasteiger partial charge < -0.3 is 9.55 Å². The van der Waals surface area contributed by atoms with Gasteiger partial charge in [-0.1, -0.05) is 26.7 Å². The van der Waals surface area contributed by atoms with Crippen LogP contribution < -0.4 is 0 Å². The van der Waals surface area contributed by atoms with Gasteiger partial charge in [-0.3, -0.25) is 0 Å². The van der Waals surface area contributed by atoms with Gasteiger partial charge in [-0.05, 0) is 55.2 Å². The van der Waals surface area contributed by atoms with Crippen LogP contribution in [0.5, 0.6) is 0 Å². The first-order chi connectivity index (χ1) is 8.56. The second-order valence-electron chi connectivity index (χ2n) is 5.18. The number of H-pyrrole nitrogens is 1. The molecule has 2 rings (SSSR count). The molecule has 0 radical (unpaired) electrons. The van der Waals surface area contributed by atoms with Gasteiger partial charge in [0.05, 0.1) is 11.0 Å². The first-order valence-electron chi connectivity index (χ1n) is 6.76.